The molecule has 5 heteroatoms. The number of amides is 1. The van der Waals surface area contributed by atoms with E-state index in [9.17, 15) is 13.2 Å². The Labute approximate surface area is 90.7 Å². The first kappa shape index (κ1) is 10.9. The molecule has 0 spiro atoms. The van der Waals surface area contributed by atoms with E-state index in [-0.39, 0.29) is 11.9 Å². The van der Waals surface area contributed by atoms with Crippen LogP contribution in [0.2, 0.25) is 0 Å². The predicted octanol–water partition coefficient (Wildman–Crippen LogP) is 1.27. The molecule has 1 aliphatic carbocycles. The van der Waals surface area contributed by atoms with Gasteiger partial charge in [-0.25, -0.2) is 12.7 Å². The normalized spacial score (nSPS) is 30.0. The van der Waals surface area contributed by atoms with Crippen molar-refractivity contribution in [2.24, 2.45) is 0 Å². The quantitative estimate of drug-likeness (QED) is 0.683. The summed E-state index contributed by atoms with van der Waals surface area (Å²) in [7, 11) is -3.37. The largest absolute Gasteiger partial charge is 0.272 e. The first-order valence-corrected chi connectivity index (χ1v) is 6.91. The van der Waals surface area contributed by atoms with Crippen LogP contribution in [-0.2, 0) is 14.8 Å². The fourth-order valence-electron chi connectivity index (χ4n) is 2.37. The third-order valence-corrected chi connectivity index (χ3v) is 5.97. The highest BCUT2D eigenvalue weighted by molar-refractivity contribution is 7.94. The summed E-state index contributed by atoms with van der Waals surface area (Å²) in [6, 6.07) is -0.0655. The van der Waals surface area contributed by atoms with Crippen molar-refractivity contribution in [2.45, 2.75) is 56.7 Å². The lowest BCUT2D eigenvalue weighted by atomic mass is 9.95. The maximum atomic E-state index is 11.9. The first-order valence-electron chi connectivity index (χ1n) is 5.47. The van der Waals surface area contributed by atoms with Crippen molar-refractivity contribution in [1.82, 2.24) is 4.31 Å². The van der Waals surface area contributed by atoms with Gasteiger partial charge in [-0.15, -0.1) is 0 Å². The highest BCUT2D eigenvalue weighted by Crippen LogP contribution is 2.40. The van der Waals surface area contributed by atoms with E-state index < -0.39 is 14.8 Å². The van der Waals surface area contributed by atoms with Gasteiger partial charge >= 0.3 is 0 Å². The Morgan fingerprint density at radius 1 is 1.20 bits per heavy atom. The zero-order chi connectivity index (χ0) is 11.3. The van der Waals surface area contributed by atoms with E-state index in [4.69, 9.17) is 0 Å². The Balaban J connectivity index is 2.22. The molecule has 1 heterocycles. The van der Waals surface area contributed by atoms with Crippen molar-refractivity contribution in [3.63, 3.8) is 0 Å². The Morgan fingerprint density at radius 3 is 2.20 bits per heavy atom. The molecule has 2 rings (SSSR count). The van der Waals surface area contributed by atoms with Crippen molar-refractivity contribution in [3.05, 3.63) is 0 Å². The van der Waals surface area contributed by atoms with Crippen molar-refractivity contribution in [3.8, 4) is 0 Å². The minimum atomic E-state index is -3.37. The monoisotopic (exact) mass is 231 g/mol. The van der Waals surface area contributed by atoms with E-state index >= 15 is 0 Å². The van der Waals surface area contributed by atoms with Crippen LogP contribution in [0.1, 0.15) is 46.0 Å². The number of sulfonamides is 1. The molecular weight excluding hydrogens is 214 g/mol. The molecule has 0 radical (unpaired) electrons. The summed E-state index contributed by atoms with van der Waals surface area (Å²) in [6.07, 6.45) is 4.89. The molecular formula is C10H17NO3S. The topological polar surface area (TPSA) is 54.5 Å². The average Bonchev–Trinajstić information content (AvgIpc) is 2.19. The summed E-state index contributed by atoms with van der Waals surface area (Å²) in [4.78, 5) is 11.7. The van der Waals surface area contributed by atoms with E-state index in [0.717, 1.165) is 36.4 Å². The Kier molecular flexibility index (Phi) is 2.33. The molecule has 0 N–H and O–H groups in total. The molecule has 15 heavy (non-hydrogen) atoms. The molecule has 2 fully saturated rings. The second-order valence-corrected chi connectivity index (χ2v) is 7.27. The number of carbonyl (C=O) groups excluding carboxylic acids is 1. The van der Waals surface area contributed by atoms with Crippen LogP contribution in [0.15, 0.2) is 0 Å². The van der Waals surface area contributed by atoms with Gasteiger partial charge in [-0.3, -0.25) is 4.79 Å². The lowest BCUT2D eigenvalue weighted by Crippen LogP contribution is -2.70. The van der Waals surface area contributed by atoms with Crippen LogP contribution in [0.25, 0.3) is 0 Å². The van der Waals surface area contributed by atoms with Gasteiger partial charge in [0.05, 0.1) is 0 Å². The highest BCUT2D eigenvalue weighted by Gasteiger charge is 2.61. The number of hydrogen-bond acceptors (Lipinski definition) is 3. The van der Waals surface area contributed by atoms with Crippen molar-refractivity contribution in [2.75, 3.05) is 0 Å². The average molecular weight is 231 g/mol. The summed E-state index contributed by atoms with van der Waals surface area (Å²) in [6.45, 7) is 2.98. The molecule has 86 valence electrons. The Hall–Kier alpha value is -0.580. The van der Waals surface area contributed by atoms with E-state index in [1.54, 1.807) is 0 Å². The smallest absolute Gasteiger partial charge is 0.259 e. The van der Waals surface area contributed by atoms with Gasteiger partial charge in [-0.2, -0.15) is 0 Å². The third kappa shape index (κ3) is 1.32. The van der Waals surface area contributed by atoms with E-state index in [2.05, 4.69) is 0 Å². The molecule has 1 aliphatic heterocycles. The van der Waals surface area contributed by atoms with Crippen LogP contribution < -0.4 is 0 Å². The van der Waals surface area contributed by atoms with Gasteiger partial charge in [0.25, 0.3) is 15.9 Å². The third-order valence-electron chi connectivity index (χ3n) is 3.53. The lowest BCUT2D eigenvalue weighted by Gasteiger charge is -2.48. The second-order valence-electron chi connectivity index (χ2n) is 4.91. The molecule has 4 nitrogen and oxygen atoms in total. The van der Waals surface area contributed by atoms with Gasteiger partial charge in [0.2, 0.25) is 0 Å². The summed E-state index contributed by atoms with van der Waals surface area (Å²) in [5.74, 6) is -0.227. The van der Waals surface area contributed by atoms with Crippen molar-refractivity contribution < 1.29 is 13.2 Å². The van der Waals surface area contributed by atoms with E-state index in [0.29, 0.717) is 0 Å². The molecule has 0 aromatic heterocycles. The molecule has 1 saturated carbocycles. The van der Waals surface area contributed by atoms with E-state index in [1.807, 2.05) is 0 Å². The van der Waals surface area contributed by atoms with Gasteiger partial charge in [0, 0.05) is 6.04 Å². The number of hydrogen-bond donors (Lipinski definition) is 0. The zero-order valence-corrected chi connectivity index (χ0v) is 10.0. The number of nitrogens with zero attached hydrogens (tertiary/aromatic N) is 1. The summed E-state index contributed by atoms with van der Waals surface area (Å²) in [5, 5.41) is 0. The predicted molar refractivity (Wildman–Crippen MR) is 56.7 cm³/mol. The zero-order valence-electron chi connectivity index (χ0n) is 9.19. The van der Waals surface area contributed by atoms with Crippen LogP contribution in [0, 0.1) is 0 Å². The fraction of sp³-hybridized carbons (Fsp3) is 0.900. The molecule has 1 amide bonds. The summed E-state index contributed by atoms with van der Waals surface area (Å²) < 4.78 is 23.7. The van der Waals surface area contributed by atoms with Gasteiger partial charge in [0.15, 0.2) is 4.75 Å². The SMILES string of the molecule is CC1(C)C(=O)N(C2CCCCC2)S1(=O)=O. The fourth-order valence-corrected chi connectivity index (χ4v) is 4.10. The highest BCUT2D eigenvalue weighted by atomic mass is 32.2. The minimum absolute atomic E-state index is 0.0655. The van der Waals surface area contributed by atoms with Gasteiger partial charge < -0.3 is 0 Å². The second kappa shape index (κ2) is 3.20. The van der Waals surface area contributed by atoms with E-state index in [1.165, 1.54) is 13.8 Å². The van der Waals surface area contributed by atoms with Crippen LogP contribution in [0.5, 0.6) is 0 Å². The number of rotatable bonds is 1. The van der Waals surface area contributed by atoms with Crippen LogP contribution >= 0.6 is 0 Å². The Morgan fingerprint density at radius 2 is 1.73 bits per heavy atom. The van der Waals surface area contributed by atoms with Crippen molar-refractivity contribution in [1.29, 1.82) is 0 Å². The molecule has 0 atom stereocenters. The maximum Gasteiger partial charge on any atom is 0.259 e. The van der Waals surface area contributed by atoms with Crippen LogP contribution in [-0.4, -0.2) is 29.4 Å². The van der Waals surface area contributed by atoms with Gasteiger partial charge in [-0.1, -0.05) is 19.3 Å². The molecule has 0 bridgehead atoms. The van der Waals surface area contributed by atoms with Crippen LogP contribution in [0.3, 0.4) is 0 Å². The van der Waals surface area contributed by atoms with Crippen LogP contribution in [0.4, 0.5) is 0 Å². The standard InChI is InChI=1S/C10H17NO3S/c1-10(2)9(12)11(15(10,13)14)8-6-4-3-5-7-8/h8H,3-7H2,1-2H3. The Bertz CT molecular complexity index is 379. The summed E-state index contributed by atoms with van der Waals surface area (Å²) in [5.41, 5.74) is 0. The first-order chi connectivity index (χ1) is 6.89. The van der Waals surface area contributed by atoms with Gasteiger partial charge in [-0.05, 0) is 26.7 Å². The summed E-state index contributed by atoms with van der Waals surface area (Å²) >= 11 is 0. The molecule has 0 aromatic carbocycles. The molecule has 0 unspecified atom stereocenters. The maximum absolute atomic E-state index is 11.9. The molecule has 1 saturated heterocycles. The lowest BCUT2D eigenvalue weighted by molar-refractivity contribution is -0.134. The van der Waals surface area contributed by atoms with Gasteiger partial charge in [0.1, 0.15) is 0 Å². The molecule has 2 aliphatic rings. The molecule has 0 aromatic rings. The van der Waals surface area contributed by atoms with Crippen molar-refractivity contribution >= 4 is 15.9 Å². The number of carbonyl (C=O) groups is 1. The minimum Gasteiger partial charge on any atom is -0.272 e.